The molecule has 0 aliphatic heterocycles. The second kappa shape index (κ2) is 5.17. The van der Waals surface area contributed by atoms with Gasteiger partial charge in [0.1, 0.15) is 0 Å². The minimum Gasteiger partial charge on any atom is -0.354 e. The lowest BCUT2D eigenvalue weighted by Gasteiger charge is -2.08. The number of carbonyl (C=O) groups is 1. The molecule has 18 heavy (non-hydrogen) atoms. The molecule has 1 aromatic heterocycles. The number of aryl methyl sites for hydroxylation is 1. The summed E-state index contributed by atoms with van der Waals surface area (Å²) in [7, 11) is 0. The maximum absolute atomic E-state index is 11.7. The maximum Gasteiger partial charge on any atom is 0.226 e. The molecule has 0 fully saturated rings. The lowest BCUT2D eigenvalue weighted by atomic mass is 10.1. The molecule has 0 saturated carbocycles. The fourth-order valence-electron chi connectivity index (χ4n) is 1.92. The number of nitrogens with zero attached hydrogens (tertiary/aromatic N) is 1. The number of amides is 1. The molecule has 1 amide bonds. The van der Waals surface area contributed by atoms with Crippen molar-refractivity contribution < 1.29 is 4.79 Å². The number of rotatable bonds is 3. The fraction of sp³-hybridized carbons (Fsp3) is 0.333. The molecule has 0 saturated heterocycles. The van der Waals surface area contributed by atoms with Crippen molar-refractivity contribution in [1.29, 1.82) is 0 Å². The molecule has 2 rings (SSSR count). The average molecular weight is 242 g/mol. The van der Waals surface area contributed by atoms with Gasteiger partial charge in [0.05, 0.1) is 17.6 Å². The van der Waals surface area contributed by atoms with Crippen LogP contribution in [-0.4, -0.2) is 16.9 Å². The van der Waals surface area contributed by atoms with Crippen molar-refractivity contribution in [3.63, 3.8) is 0 Å². The Kier molecular flexibility index (Phi) is 3.60. The number of pyridine rings is 1. The molecule has 2 aromatic rings. The highest BCUT2D eigenvalue weighted by Gasteiger charge is 2.06. The normalized spacial score (nSPS) is 10.9. The summed E-state index contributed by atoms with van der Waals surface area (Å²) in [5.41, 5.74) is 2.97. The van der Waals surface area contributed by atoms with E-state index >= 15 is 0 Å². The van der Waals surface area contributed by atoms with Crippen LogP contribution >= 0.6 is 0 Å². The van der Waals surface area contributed by atoms with E-state index in [4.69, 9.17) is 0 Å². The van der Waals surface area contributed by atoms with E-state index in [0.717, 1.165) is 16.6 Å². The Balaban J connectivity index is 2.20. The van der Waals surface area contributed by atoms with Crippen molar-refractivity contribution in [2.75, 3.05) is 0 Å². The first-order chi connectivity index (χ1) is 8.54. The van der Waals surface area contributed by atoms with E-state index in [1.165, 1.54) is 5.56 Å². The van der Waals surface area contributed by atoms with Gasteiger partial charge in [0.15, 0.2) is 0 Å². The van der Waals surface area contributed by atoms with Gasteiger partial charge >= 0.3 is 0 Å². The molecule has 0 atom stereocenters. The summed E-state index contributed by atoms with van der Waals surface area (Å²) in [5, 5.41) is 3.98. The molecule has 94 valence electrons. The van der Waals surface area contributed by atoms with Crippen molar-refractivity contribution in [3.8, 4) is 0 Å². The zero-order valence-corrected chi connectivity index (χ0v) is 11.0. The quantitative estimate of drug-likeness (QED) is 0.899. The van der Waals surface area contributed by atoms with E-state index in [2.05, 4.69) is 23.3 Å². The van der Waals surface area contributed by atoms with E-state index in [1.807, 2.05) is 38.1 Å². The largest absolute Gasteiger partial charge is 0.354 e. The molecule has 1 aromatic carbocycles. The molecular weight excluding hydrogens is 224 g/mol. The summed E-state index contributed by atoms with van der Waals surface area (Å²) in [5.74, 6) is 0.0176. The van der Waals surface area contributed by atoms with Crippen molar-refractivity contribution in [2.24, 2.45) is 0 Å². The van der Waals surface area contributed by atoms with Gasteiger partial charge in [-0.1, -0.05) is 17.7 Å². The molecule has 1 heterocycles. The van der Waals surface area contributed by atoms with E-state index in [9.17, 15) is 4.79 Å². The average Bonchev–Trinajstić information content (AvgIpc) is 2.28. The minimum atomic E-state index is 0.0176. The summed E-state index contributed by atoms with van der Waals surface area (Å²) >= 11 is 0. The van der Waals surface area contributed by atoms with E-state index in [-0.39, 0.29) is 11.9 Å². The second-order valence-electron chi connectivity index (χ2n) is 4.90. The van der Waals surface area contributed by atoms with Crippen LogP contribution in [0, 0.1) is 6.92 Å². The number of nitrogens with one attached hydrogen (secondary N) is 1. The number of carbonyl (C=O) groups excluding carboxylic acids is 1. The van der Waals surface area contributed by atoms with Gasteiger partial charge < -0.3 is 5.32 Å². The van der Waals surface area contributed by atoms with Gasteiger partial charge in [-0.05, 0) is 39.0 Å². The van der Waals surface area contributed by atoms with Crippen molar-refractivity contribution in [2.45, 2.75) is 33.2 Å². The molecule has 0 spiro atoms. The summed E-state index contributed by atoms with van der Waals surface area (Å²) in [4.78, 5) is 16.2. The van der Waals surface area contributed by atoms with Crippen LogP contribution in [0.5, 0.6) is 0 Å². The van der Waals surface area contributed by atoms with E-state index < -0.39 is 0 Å². The fourth-order valence-corrected chi connectivity index (χ4v) is 1.92. The van der Waals surface area contributed by atoms with Gasteiger partial charge in [0.2, 0.25) is 5.91 Å². The molecule has 1 N–H and O–H groups in total. The molecule has 3 nitrogen and oxygen atoms in total. The molecular formula is C15H18N2O. The Bertz CT molecular complexity index is 576. The standard InChI is InChI=1S/C15H18N2O/c1-10(2)16-15(18)9-13-6-5-12-8-11(3)4-7-14(12)17-13/h4-8,10H,9H2,1-3H3,(H,16,18). The van der Waals surface area contributed by atoms with Crippen LogP contribution in [0.1, 0.15) is 25.1 Å². The van der Waals surface area contributed by atoms with Crippen LogP contribution in [0.4, 0.5) is 0 Å². The van der Waals surface area contributed by atoms with Crippen LogP contribution in [0.25, 0.3) is 10.9 Å². The SMILES string of the molecule is Cc1ccc2nc(CC(=O)NC(C)C)ccc2c1. The third-order valence-corrected chi connectivity index (χ3v) is 2.69. The van der Waals surface area contributed by atoms with Gasteiger partial charge in [-0.3, -0.25) is 9.78 Å². The van der Waals surface area contributed by atoms with Crippen molar-refractivity contribution >= 4 is 16.8 Å². The first kappa shape index (κ1) is 12.6. The Labute approximate surface area is 107 Å². The Morgan fingerprint density at radius 1 is 1.28 bits per heavy atom. The van der Waals surface area contributed by atoms with E-state index in [0.29, 0.717) is 6.42 Å². The van der Waals surface area contributed by atoms with Crippen LogP contribution < -0.4 is 5.32 Å². The second-order valence-corrected chi connectivity index (χ2v) is 4.90. The first-order valence-corrected chi connectivity index (χ1v) is 6.20. The lowest BCUT2D eigenvalue weighted by Crippen LogP contribution is -2.31. The Hall–Kier alpha value is -1.90. The number of benzene rings is 1. The molecule has 3 heteroatoms. The maximum atomic E-state index is 11.7. The predicted molar refractivity (Wildman–Crippen MR) is 73.5 cm³/mol. The number of aromatic nitrogens is 1. The van der Waals surface area contributed by atoms with Crippen molar-refractivity contribution in [3.05, 3.63) is 41.6 Å². The van der Waals surface area contributed by atoms with Gasteiger partial charge in [-0.25, -0.2) is 0 Å². The summed E-state index contributed by atoms with van der Waals surface area (Å²) in [6.45, 7) is 5.96. The smallest absolute Gasteiger partial charge is 0.226 e. The van der Waals surface area contributed by atoms with Gasteiger partial charge in [0, 0.05) is 11.4 Å². The topological polar surface area (TPSA) is 42.0 Å². The zero-order valence-electron chi connectivity index (χ0n) is 11.0. The third-order valence-electron chi connectivity index (χ3n) is 2.69. The number of fused-ring (bicyclic) bond motifs is 1. The molecule has 0 aliphatic carbocycles. The number of hydrogen-bond donors (Lipinski definition) is 1. The predicted octanol–water partition coefficient (Wildman–Crippen LogP) is 2.61. The molecule has 0 unspecified atom stereocenters. The van der Waals surface area contributed by atoms with E-state index in [1.54, 1.807) is 0 Å². The zero-order chi connectivity index (χ0) is 13.1. The molecule has 0 radical (unpaired) electrons. The third kappa shape index (κ3) is 3.06. The minimum absolute atomic E-state index is 0.0176. The highest BCUT2D eigenvalue weighted by Crippen LogP contribution is 2.14. The first-order valence-electron chi connectivity index (χ1n) is 6.20. The van der Waals surface area contributed by atoms with Crippen LogP contribution in [0.3, 0.4) is 0 Å². The van der Waals surface area contributed by atoms with Gasteiger partial charge in [-0.15, -0.1) is 0 Å². The van der Waals surface area contributed by atoms with Gasteiger partial charge in [0.25, 0.3) is 0 Å². The lowest BCUT2D eigenvalue weighted by molar-refractivity contribution is -0.120. The molecule has 0 bridgehead atoms. The Morgan fingerprint density at radius 2 is 2.06 bits per heavy atom. The highest BCUT2D eigenvalue weighted by molar-refractivity contribution is 5.82. The van der Waals surface area contributed by atoms with Crippen LogP contribution in [-0.2, 0) is 11.2 Å². The van der Waals surface area contributed by atoms with Crippen molar-refractivity contribution in [1.82, 2.24) is 10.3 Å². The summed E-state index contributed by atoms with van der Waals surface area (Å²) in [6.07, 6.45) is 0.335. The summed E-state index contributed by atoms with van der Waals surface area (Å²) in [6, 6.07) is 10.2. The van der Waals surface area contributed by atoms with Crippen LogP contribution in [0.15, 0.2) is 30.3 Å². The monoisotopic (exact) mass is 242 g/mol. The molecule has 0 aliphatic rings. The number of hydrogen-bond acceptors (Lipinski definition) is 2. The summed E-state index contributed by atoms with van der Waals surface area (Å²) < 4.78 is 0. The highest BCUT2D eigenvalue weighted by atomic mass is 16.1. The van der Waals surface area contributed by atoms with Gasteiger partial charge in [-0.2, -0.15) is 0 Å². The Morgan fingerprint density at radius 3 is 2.78 bits per heavy atom. The van der Waals surface area contributed by atoms with Crippen LogP contribution in [0.2, 0.25) is 0 Å².